The molecule has 0 radical (unpaired) electrons. The summed E-state index contributed by atoms with van der Waals surface area (Å²) in [6.07, 6.45) is 5.83. The van der Waals surface area contributed by atoms with E-state index in [0.29, 0.717) is 35.9 Å². The van der Waals surface area contributed by atoms with Crippen LogP contribution in [-0.4, -0.2) is 35.4 Å². The molecule has 1 aromatic carbocycles. The summed E-state index contributed by atoms with van der Waals surface area (Å²) in [5, 5.41) is 11.1. The number of anilines is 1. The van der Waals surface area contributed by atoms with Crippen molar-refractivity contribution in [2.75, 3.05) is 25.0 Å². The Morgan fingerprint density at radius 3 is 2.81 bits per heavy atom. The van der Waals surface area contributed by atoms with Gasteiger partial charge in [0.05, 0.1) is 11.6 Å². The van der Waals surface area contributed by atoms with Gasteiger partial charge in [-0.1, -0.05) is 18.5 Å². The minimum absolute atomic E-state index is 0. The predicted molar refractivity (Wildman–Crippen MR) is 105 cm³/mol. The van der Waals surface area contributed by atoms with Crippen molar-refractivity contribution in [1.82, 2.24) is 15.1 Å². The third-order valence-electron chi connectivity index (χ3n) is 4.45. The van der Waals surface area contributed by atoms with Gasteiger partial charge < -0.3 is 15.4 Å². The van der Waals surface area contributed by atoms with Crippen LogP contribution in [0.1, 0.15) is 26.2 Å². The van der Waals surface area contributed by atoms with Crippen molar-refractivity contribution in [1.29, 1.82) is 0 Å². The van der Waals surface area contributed by atoms with Crippen LogP contribution in [0, 0.1) is 0 Å². The summed E-state index contributed by atoms with van der Waals surface area (Å²) in [7, 11) is 0. The van der Waals surface area contributed by atoms with Crippen LogP contribution in [-0.2, 0) is 10.3 Å². The maximum absolute atomic E-state index is 13.1. The molecule has 6 nitrogen and oxygen atoms in total. The number of aromatic nitrogens is 2. The Morgan fingerprint density at radius 2 is 2.19 bits per heavy atom. The second-order valence-electron chi connectivity index (χ2n) is 6.18. The highest BCUT2D eigenvalue weighted by Crippen LogP contribution is 2.31. The van der Waals surface area contributed by atoms with E-state index >= 15 is 0 Å². The lowest BCUT2D eigenvalue weighted by molar-refractivity contribution is -0.126. The number of nitrogens with zero attached hydrogens (tertiary/aromatic N) is 2. The zero-order chi connectivity index (χ0) is 17.7. The molecular formula is C18H24Cl2N4O2. The van der Waals surface area contributed by atoms with Crippen molar-refractivity contribution in [2.45, 2.75) is 31.7 Å². The molecule has 0 atom stereocenters. The fourth-order valence-electron chi connectivity index (χ4n) is 3.08. The van der Waals surface area contributed by atoms with E-state index in [9.17, 15) is 4.79 Å². The van der Waals surface area contributed by atoms with Crippen LogP contribution in [0.2, 0.25) is 5.02 Å². The molecule has 142 valence electrons. The third kappa shape index (κ3) is 4.31. The number of halogens is 2. The molecule has 0 aliphatic carbocycles. The maximum atomic E-state index is 13.1. The highest BCUT2D eigenvalue weighted by Gasteiger charge is 2.42. The largest absolute Gasteiger partial charge is 0.492 e. The summed E-state index contributed by atoms with van der Waals surface area (Å²) >= 11 is 6.26. The molecular weight excluding hydrogens is 375 g/mol. The van der Waals surface area contributed by atoms with E-state index in [1.807, 2.05) is 25.3 Å². The van der Waals surface area contributed by atoms with Crippen LogP contribution in [0.15, 0.2) is 36.7 Å². The molecule has 0 saturated carbocycles. The Morgan fingerprint density at radius 1 is 1.42 bits per heavy atom. The summed E-state index contributed by atoms with van der Waals surface area (Å²) in [6.45, 7) is 4.20. The molecule has 1 fully saturated rings. The zero-order valence-corrected chi connectivity index (χ0v) is 16.3. The quantitative estimate of drug-likeness (QED) is 0.781. The number of amides is 1. The number of carbonyl (C=O) groups is 1. The van der Waals surface area contributed by atoms with E-state index in [4.69, 9.17) is 16.3 Å². The number of piperidine rings is 1. The molecule has 2 N–H and O–H groups in total. The fraction of sp³-hybridized carbons (Fsp3) is 0.444. The Balaban J connectivity index is 0.00000243. The molecule has 1 aromatic heterocycles. The number of rotatable bonds is 6. The first-order chi connectivity index (χ1) is 12.2. The van der Waals surface area contributed by atoms with Crippen molar-refractivity contribution in [3.63, 3.8) is 0 Å². The fourth-order valence-corrected chi connectivity index (χ4v) is 3.31. The highest BCUT2D eigenvalue weighted by molar-refractivity contribution is 6.32. The van der Waals surface area contributed by atoms with E-state index < -0.39 is 5.54 Å². The topological polar surface area (TPSA) is 68.2 Å². The third-order valence-corrected chi connectivity index (χ3v) is 4.74. The van der Waals surface area contributed by atoms with E-state index in [1.54, 1.807) is 23.0 Å². The van der Waals surface area contributed by atoms with Gasteiger partial charge in [-0.3, -0.25) is 9.48 Å². The summed E-state index contributed by atoms with van der Waals surface area (Å²) < 4.78 is 7.34. The number of benzene rings is 1. The van der Waals surface area contributed by atoms with Gasteiger partial charge in [-0.15, -0.1) is 12.4 Å². The van der Waals surface area contributed by atoms with Crippen LogP contribution in [0.5, 0.6) is 5.75 Å². The normalized spacial score (nSPS) is 15.8. The molecule has 0 unspecified atom stereocenters. The van der Waals surface area contributed by atoms with Crippen molar-refractivity contribution >= 4 is 35.6 Å². The van der Waals surface area contributed by atoms with Gasteiger partial charge in [0.2, 0.25) is 0 Å². The first kappa shape index (κ1) is 20.6. The lowest BCUT2D eigenvalue weighted by Crippen LogP contribution is -2.52. The zero-order valence-electron chi connectivity index (χ0n) is 14.7. The minimum atomic E-state index is -0.682. The second kappa shape index (κ2) is 9.26. The van der Waals surface area contributed by atoms with Gasteiger partial charge in [0.1, 0.15) is 11.3 Å². The average Bonchev–Trinajstić information content (AvgIpc) is 3.17. The van der Waals surface area contributed by atoms with Gasteiger partial charge in [0.25, 0.3) is 5.91 Å². The molecule has 3 rings (SSSR count). The first-order valence-electron chi connectivity index (χ1n) is 8.60. The Labute approximate surface area is 164 Å². The second-order valence-corrected chi connectivity index (χ2v) is 6.59. The van der Waals surface area contributed by atoms with Gasteiger partial charge in [0, 0.05) is 18.1 Å². The van der Waals surface area contributed by atoms with Crippen LogP contribution in [0.4, 0.5) is 5.69 Å². The van der Waals surface area contributed by atoms with Crippen LogP contribution >= 0.6 is 24.0 Å². The van der Waals surface area contributed by atoms with Crippen molar-refractivity contribution in [2.24, 2.45) is 0 Å². The summed E-state index contributed by atoms with van der Waals surface area (Å²) in [5.41, 5.74) is -0.0255. The molecule has 0 bridgehead atoms. The molecule has 2 heterocycles. The van der Waals surface area contributed by atoms with Gasteiger partial charge in [-0.05, 0) is 56.6 Å². The smallest absolute Gasteiger partial charge is 0.252 e. The summed E-state index contributed by atoms with van der Waals surface area (Å²) in [5.74, 6) is 0.557. The molecule has 1 aliphatic rings. The number of ether oxygens (including phenoxy) is 1. The van der Waals surface area contributed by atoms with Gasteiger partial charge in [-0.25, -0.2) is 0 Å². The van der Waals surface area contributed by atoms with Gasteiger partial charge >= 0.3 is 0 Å². The van der Waals surface area contributed by atoms with Crippen LogP contribution < -0.4 is 15.4 Å². The molecule has 1 amide bonds. The summed E-state index contributed by atoms with van der Waals surface area (Å²) in [4.78, 5) is 13.1. The Hall–Kier alpha value is -1.76. The molecule has 1 aliphatic heterocycles. The summed E-state index contributed by atoms with van der Waals surface area (Å²) in [6, 6.07) is 7.17. The molecule has 0 spiro atoms. The predicted octanol–water partition coefficient (Wildman–Crippen LogP) is 3.46. The minimum Gasteiger partial charge on any atom is -0.492 e. The lowest BCUT2D eigenvalue weighted by Gasteiger charge is -2.36. The van der Waals surface area contributed by atoms with E-state index in [2.05, 4.69) is 15.7 Å². The molecule has 1 saturated heterocycles. The molecule has 2 aromatic rings. The molecule has 26 heavy (non-hydrogen) atoms. The van der Waals surface area contributed by atoms with Gasteiger partial charge in [0.15, 0.2) is 0 Å². The van der Waals surface area contributed by atoms with E-state index in [0.717, 1.165) is 19.5 Å². The number of carbonyl (C=O) groups excluding carboxylic acids is 1. The lowest BCUT2D eigenvalue weighted by atomic mass is 9.87. The van der Waals surface area contributed by atoms with Crippen molar-refractivity contribution in [3.8, 4) is 5.75 Å². The van der Waals surface area contributed by atoms with Crippen LogP contribution in [0.3, 0.4) is 0 Å². The first-order valence-corrected chi connectivity index (χ1v) is 8.98. The van der Waals surface area contributed by atoms with E-state index in [-0.39, 0.29) is 18.3 Å². The monoisotopic (exact) mass is 398 g/mol. The Kier molecular flexibility index (Phi) is 7.32. The van der Waals surface area contributed by atoms with Crippen molar-refractivity contribution < 1.29 is 9.53 Å². The highest BCUT2D eigenvalue weighted by atomic mass is 35.5. The number of hydrogen-bond donors (Lipinski definition) is 2. The number of nitrogens with one attached hydrogen (secondary N) is 2. The Bertz CT molecular complexity index is 716. The van der Waals surface area contributed by atoms with Crippen LogP contribution in [0.25, 0.3) is 0 Å². The van der Waals surface area contributed by atoms with Crippen molar-refractivity contribution in [3.05, 3.63) is 41.7 Å². The number of hydrogen-bond acceptors (Lipinski definition) is 4. The average molecular weight is 399 g/mol. The van der Waals surface area contributed by atoms with E-state index in [1.165, 1.54) is 0 Å². The maximum Gasteiger partial charge on any atom is 0.252 e. The van der Waals surface area contributed by atoms with Gasteiger partial charge in [-0.2, -0.15) is 5.10 Å². The standard InChI is InChI=1S/C18H23ClN4O2.ClH/c1-2-12-25-16-5-4-14(13-15(16)19)22-17(24)18(6-9-20-10-7-18)23-11-3-8-21-23;/h3-5,8,11,13,20H,2,6-7,9-10,12H2,1H3,(H,22,24);1H. The SMILES string of the molecule is CCCOc1ccc(NC(=O)C2(n3cccn3)CCNCC2)cc1Cl.Cl. The molecule has 8 heteroatoms.